The highest BCUT2D eigenvalue weighted by Gasteiger charge is 2.36. The number of hydrogen-bond acceptors (Lipinski definition) is 8. The van der Waals surface area contributed by atoms with Gasteiger partial charge in [0, 0.05) is 24.7 Å². The summed E-state index contributed by atoms with van der Waals surface area (Å²) in [5, 5.41) is 0. The smallest absolute Gasteiger partial charge is 0.410 e. The number of anilines is 1. The molecule has 4 rings (SSSR count). The van der Waals surface area contributed by atoms with Gasteiger partial charge in [0.05, 0.1) is 6.54 Å². The van der Waals surface area contributed by atoms with E-state index < -0.39 is 29.6 Å². The Balaban J connectivity index is 1.60. The Morgan fingerprint density at radius 3 is 2.13 bits per heavy atom. The van der Waals surface area contributed by atoms with Gasteiger partial charge in [-0.15, -0.1) is 0 Å². The van der Waals surface area contributed by atoms with E-state index >= 15 is 0 Å². The van der Waals surface area contributed by atoms with Crippen LogP contribution in [0.4, 0.5) is 15.0 Å². The molecule has 0 saturated carbocycles. The normalized spacial score (nSPS) is 15.5. The van der Waals surface area contributed by atoms with Gasteiger partial charge in [0.1, 0.15) is 40.5 Å². The van der Waals surface area contributed by atoms with E-state index in [1.807, 2.05) is 0 Å². The number of carbonyl (C=O) groups is 3. The molecule has 0 bridgehead atoms. The Labute approximate surface area is 224 Å². The van der Waals surface area contributed by atoms with E-state index in [1.54, 1.807) is 49.9 Å². The van der Waals surface area contributed by atoms with Crippen molar-refractivity contribution in [1.82, 2.24) is 14.9 Å². The van der Waals surface area contributed by atoms with E-state index in [2.05, 4.69) is 9.97 Å². The minimum atomic E-state index is -0.929. The number of nitrogens with zero attached hydrogens (tertiary/aromatic N) is 4. The van der Waals surface area contributed by atoms with Crippen LogP contribution in [-0.4, -0.2) is 64.1 Å². The Hall–Kier alpha value is -4.74. The van der Waals surface area contributed by atoms with Crippen LogP contribution in [0, 0.1) is 5.82 Å². The molecule has 1 saturated heterocycles. The van der Waals surface area contributed by atoms with Crippen molar-refractivity contribution in [3.05, 3.63) is 66.1 Å². The molecule has 0 radical (unpaired) electrons. The SMILES string of the molecule is CC(C)(C)OC(=O)N1CCN(c2cc(C(N)=O)nc(-c3ccc(Oc4ccc(F)cc4)cc3)n2)C(C(N)=O)C1. The molecular formula is C27H29FN6O5. The van der Waals surface area contributed by atoms with Gasteiger partial charge in [0.15, 0.2) is 5.82 Å². The lowest BCUT2D eigenvalue weighted by Gasteiger charge is -2.40. The minimum Gasteiger partial charge on any atom is -0.457 e. The number of primary amides is 2. The van der Waals surface area contributed by atoms with Crippen molar-refractivity contribution in [2.24, 2.45) is 11.5 Å². The molecule has 204 valence electrons. The van der Waals surface area contributed by atoms with Gasteiger partial charge in [-0.25, -0.2) is 19.2 Å². The fourth-order valence-corrected chi connectivity index (χ4v) is 3.94. The maximum Gasteiger partial charge on any atom is 0.410 e. The third-order valence-corrected chi connectivity index (χ3v) is 5.78. The van der Waals surface area contributed by atoms with Gasteiger partial charge < -0.3 is 30.7 Å². The third kappa shape index (κ3) is 6.78. The highest BCUT2D eigenvalue weighted by molar-refractivity contribution is 5.92. The number of amides is 3. The quantitative estimate of drug-likeness (QED) is 0.487. The van der Waals surface area contributed by atoms with Gasteiger partial charge in [-0.05, 0) is 69.3 Å². The van der Waals surface area contributed by atoms with Gasteiger partial charge >= 0.3 is 6.09 Å². The molecule has 1 unspecified atom stereocenters. The maximum atomic E-state index is 13.2. The predicted octanol–water partition coefficient (Wildman–Crippen LogP) is 3.08. The molecule has 3 amide bonds. The van der Waals surface area contributed by atoms with Crippen LogP contribution in [0.2, 0.25) is 0 Å². The van der Waals surface area contributed by atoms with Crippen LogP contribution in [0.5, 0.6) is 11.5 Å². The Bertz CT molecular complexity index is 1370. The van der Waals surface area contributed by atoms with Crippen LogP contribution in [0.15, 0.2) is 54.6 Å². The number of carbonyl (C=O) groups excluding carboxylic acids is 3. The predicted molar refractivity (Wildman–Crippen MR) is 141 cm³/mol. The second-order valence-corrected chi connectivity index (χ2v) is 9.92. The molecule has 39 heavy (non-hydrogen) atoms. The van der Waals surface area contributed by atoms with Crippen molar-refractivity contribution in [3.63, 3.8) is 0 Å². The van der Waals surface area contributed by atoms with E-state index in [-0.39, 0.29) is 42.8 Å². The van der Waals surface area contributed by atoms with Crippen LogP contribution in [-0.2, 0) is 9.53 Å². The molecule has 4 N–H and O–H groups in total. The largest absolute Gasteiger partial charge is 0.457 e. The van der Waals surface area contributed by atoms with E-state index in [1.165, 1.54) is 35.2 Å². The first kappa shape index (κ1) is 27.3. The summed E-state index contributed by atoms with van der Waals surface area (Å²) < 4.78 is 24.3. The summed E-state index contributed by atoms with van der Waals surface area (Å²) in [6, 6.07) is 12.8. The molecule has 0 aliphatic carbocycles. The zero-order valence-electron chi connectivity index (χ0n) is 21.8. The van der Waals surface area contributed by atoms with Gasteiger partial charge in [-0.2, -0.15) is 0 Å². The third-order valence-electron chi connectivity index (χ3n) is 5.78. The number of halogens is 1. The molecule has 1 aromatic heterocycles. The summed E-state index contributed by atoms with van der Waals surface area (Å²) in [6.45, 7) is 5.67. The van der Waals surface area contributed by atoms with Crippen LogP contribution < -0.4 is 21.1 Å². The summed E-state index contributed by atoms with van der Waals surface area (Å²) in [6.07, 6.45) is -0.558. The first-order chi connectivity index (χ1) is 18.4. The van der Waals surface area contributed by atoms with Crippen molar-refractivity contribution >= 4 is 23.7 Å². The average Bonchev–Trinajstić information content (AvgIpc) is 2.88. The molecule has 2 heterocycles. The second-order valence-electron chi connectivity index (χ2n) is 9.92. The van der Waals surface area contributed by atoms with Crippen LogP contribution in [0.25, 0.3) is 11.4 Å². The van der Waals surface area contributed by atoms with E-state index in [9.17, 15) is 18.8 Å². The Kier molecular flexibility index (Phi) is 7.65. The molecule has 12 heteroatoms. The fraction of sp³-hybridized carbons (Fsp3) is 0.296. The summed E-state index contributed by atoms with van der Waals surface area (Å²) in [5.41, 5.74) is 11.0. The summed E-state index contributed by atoms with van der Waals surface area (Å²) in [7, 11) is 0. The number of aromatic nitrogens is 2. The van der Waals surface area contributed by atoms with Crippen molar-refractivity contribution in [2.45, 2.75) is 32.4 Å². The zero-order valence-corrected chi connectivity index (χ0v) is 21.8. The highest BCUT2D eigenvalue weighted by Crippen LogP contribution is 2.27. The summed E-state index contributed by atoms with van der Waals surface area (Å²) in [4.78, 5) is 49.0. The number of rotatable bonds is 6. The van der Waals surface area contributed by atoms with Crippen molar-refractivity contribution < 1.29 is 28.2 Å². The molecule has 0 spiro atoms. The molecule has 3 aromatic rings. The lowest BCUT2D eigenvalue weighted by molar-refractivity contribution is -0.120. The highest BCUT2D eigenvalue weighted by atomic mass is 19.1. The van der Waals surface area contributed by atoms with Crippen molar-refractivity contribution in [1.29, 1.82) is 0 Å². The second kappa shape index (κ2) is 10.9. The molecule has 1 fully saturated rings. The summed E-state index contributed by atoms with van der Waals surface area (Å²) in [5.74, 6) is -0.430. The van der Waals surface area contributed by atoms with E-state index in [0.29, 0.717) is 17.1 Å². The Morgan fingerprint density at radius 1 is 0.949 bits per heavy atom. The van der Waals surface area contributed by atoms with Crippen molar-refractivity contribution in [2.75, 3.05) is 24.5 Å². The fourth-order valence-electron chi connectivity index (χ4n) is 3.94. The summed E-state index contributed by atoms with van der Waals surface area (Å²) >= 11 is 0. The zero-order chi connectivity index (χ0) is 28.3. The average molecular weight is 537 g/mol. The number of piperazine rings is 1. The van der Waals surface area contributed by atoms with Gasteiger partial charge in [0.2, 0.25) is 5.91 Å². The number of benzene rings is 2. The monoisotopic (exact) mass is 536 g/mol. The molecule has 1 atom stereocenters. The maximum absolute atomic E-state index is 13.2. The Morgan fingerprint density at radius 2 is 1.56 bits per heavy atom. The lowest BCUT2D eigenvalue weighted by Crippen LogP contribution is -2.60. The number of ether oxygens (including phenoxy) is 2. The van der Waals surface area contributed by atoms with Gasteiger partial charge in [-0.1, -0.05) is 0 Å². The molecule has 1 aliphatic heterocycles. The lowest BCUT2D eigenvalue weighted by atomic mass is 10.1. The number of nitrogens with two attached hydrogens (primary N) is 2. The van der Waals surface area contributed by atoms with Crippen LogP contribution in [0.3, 0.4) is 0 Å². The minimum absolute atomic E-state index is 0.0229. The van der Waals surface area contributed by atoms with Crippen LogP contribution in [0.1, 0.15) is 31.3 Å². The van der Waals surface area contributed by atoms with Crippen LogP contribution >= 0.6 is 0 Å². The van der Waals surface area contributed by atoms with E-state index in [0.717, 1.165) is 0 Å². The molecule has 1 aliphatic rings. The molecule has 11 nitrogen and oxygen atoms in total. The van der Waals surface area contributed by atoms with Gasteiger partial charge in [-0.3, -0.25) is 9.59 Å². The topological polar surface area (TPSA) is 154 Å². The first-order valence-corrected chi connectivity index (χ1v) is 12.2. The molecular weight excluding hydrogens is 507 g/mol. The van der Waals surface area contributed by atoms with E-state index in [4.69, 9.17) is 20.9 Å². The van der Waals surface area contributed by atoms with Crippen molar-refractivity contribution in [3.8, 4) is 22.9 Å². The standard InChI is InChI=1S/C27H29FN6O5/c1-27(2,3)39-26(37)33-12-13-34(21(15-33)24(30)36)22-14-20(23(29)35)31-25(32-22)16-4-8-18(9-5-16)38-19-10-6-17(28)7-11-19/h4-11,14,21H,12-13,15H2,1-3H3,(H2,29,35)(H2,30,36). The number of hydrogen-bond donors (Lipinski definition) is 2. The van der Waals surface area contributed by atoms with Gasteiger partial charge in [0.25, 0.3) is 5.91 Å². The molecule has 2 aromatic carbocycles. The first-order valence-electron chi connectivity index (χ1n) is 12.2.